The van der Waals surface area contributed by atoms with Crippen LogP contribution in [0.25, 0.3) is 0 Å². The third-order valence-electron chi connectivity index (χ3n) is 7.07. The molecule has 2 saturated heterocycles. The molecule has 238 valence electrons. The average Bonchev–Trinajstić information content (AvgIpc) is 2.91. The first-order chi connectivity index (χ1) is 17.2. The number of benzene rings is 1. The second kappa shape index (κ2) is 20.2. The number of nitrogens with zero attached hydrogens (tertiary/aromatic N) is 5. The number of piperidine rings is 2. The van der Waals surface area contributed by atoms with Crippen LogP contribution in [0.2, 0.25) is 0 Å². The normalized spacial score (nSPS) is 15.1. The molecule has 0 radical (unpaired) electrons. The Morgan fingerprint density at radius 1 is 0.800 bits per heavy atom. The van der Waals surface area contributed by atoms with Gasteiger partial charge >= 0.3 is 0 Å². The van der Waals surface area contributed by atoms with Gasteiger partial charge in [0, 0.05) is 49.2 Å². The lowest BCUT2D eigenvalue weighted by molar-refractivity contribution is -0.120. The monoisotopic (exact) mass is 591 g/mol. The highest BCUT2D eigenvalue weighted by atomic mass is 35.5. The van der Waals surface area contributed by atoms with Crippen LogP contribution >= 0.6 is 12.4 Å². The van der Waals surface area contributed by atoms with Crippen molar-refractivity contribution in [2.45, 2.75) is 78.1 Å². The van der Waals surface area contributed by atoms with Crippen molar-refractivity contribution < 1.29 is 10.5 Å². The molecule has 4 rings (SSSR count). The van der Waals surface area contributed by atoms with E-state index in [9.17, 15) is 4.79 Å². The smallest absolute Gasteiger partial charge is 0.233 e. The van der Waals surface area contributed by atoms with E-state index in [4.69, 9.17) is 15.0 Å². The van der Waals surface area contributed by atoms with Crippen LogP contribution in [0.3, 0.4) is 0 Å². The number of nitrogens with one attached hydrogen (secondary N) is 2. The Morgan fingerprint density at radius 3 is 1.73 bits per heavy atom. The highest BCUT2D eigenvalue weighted by molar-refractivity contribution is 5.92. The first-order valence-electron chi connectivity index (χ1n) is 13.6. The number of halogens is 1. The van der Waals surface area contributed by atoms with Crippen molar-refractivity contribution in [2.75, 3.05) is 46.6 Å². The molecule has 1 atom stereocenters. The first-order valence-corrected chi connectivity index (χ1v) is 13.6. The summed E-state index contributed by atoms with van der Waals surface area (Å²) in [5, 5.41) is 6.45. The van der Waals surface area contributed by atoms with Gasteiger partial charge in [0.25, 0.3) is 0 Å². The zero-order chi connectivity index (χ0) is 24.5. The molecule has 2 fully saturated rings. The number of aromatic nitrogens is 3. The van der Waals surface area contributed by atoms with Crippen molar-refractivity contribution >= 4 is 47.5 Å². The van der Waals surface area contributed by atoms with Gasteiger partial charge in [-0.1, -0.05) is 26.7 Å². The quantitative estimate of drug-likeness (QED) is 0.156. The molecule has 12 nitrogen and oxygen atoms in total. The number of anilines is 5. The standard InChI is InChI=1S/C27H41N7O.ClH.4H3N.4H2/c1-3-5-12-21(4-2)24(35)28-22-13-15-23(16-14-22)29-25-30-26(33-17-8-6-9-18-33)32-27(31-25)34-19-10-7-11-20-34;;;;;;;;;/h13-16,21H,3-12,17-20H2,1-2H3,(H,28,35)(H,29,30,31,32);1H;4*1H3;4*1H. The molecule has 2 aromatic rings. The summed E-state index contributed by atoms with van der Waals surface area (Å²) < 4.78 is 0. The Hall–Kier alpha value is -2.77. The molecule has 2 aliphatic heterocycles. The minimum absolute atomic E-state index is 0. The fourth-order valence-electron chi connectivity index (χ4n) is 4.86. The molecule has 1 amide bonds. The van der Waals surface area contributed by atoms with Crippen molar-refractivity contribution in [3.63, 3.8) is 0 Å². The number of hydrogen-bond acceptors (Lipinski definition) is 11. The highest BCUT2D eigenvalue weighted by Crippen LogP contribution is 2.25. The first kappa shape index (κ1) is 39.4. The van der Waals surface area contributed by atoms with Gasteiger partial charge in [-0.3, -0.25) is 4.79 Å². The fourth-order valence-corrected chi connectivity index (χ4v) is 4.86. The van der Waals surface area contributed by atoms with E-state index in [2.05, 4.69) is 34.3 Å². The molecular formula is C27H62ClN11O. The van der Waals surface area contributed by atoms with Gasteiger partial charge in [-0.2, -0.15) is 15.0 Å². The third-order valence-corrected chi connectivity index (χ3v) is 7.07. The van der Waals surface area contributed by atoms with Gasteiger partial charge in [-0.25, -0.2) is 0 Å². The summed E-state index contributed by atoms with van der Waals surface area (Å²) in [6, 6.07) is 7.80. The minimum Gasteiger partial charge on any atom is -0.344 e. The van der Waals surface area contributed by atoms with Crippen molar-refractivity contribution in [3.05, 3.63) is 24.3 Å². The molecule has 13 heteroatoms. The van der Waals surface area contributed by atoms with Gasteiger partial charge in [-0.05, 0) is 75.6 Å². The van der Waals surface area contributed by atoms with Gasteiger partial charge in [0.15, 0.2) is 0 Å². The summed E-state index contributed by atoms with van der Waals surface area (Å²) in [5.41, 5.74) is 1.70. The highest BCUT2D eigenvalue weighted by Gasteiger charge is 2.20. The number of rotatable bonds is 10. The van der Waals surface area contributed by atoms with E-state index < -0.39 is 0 Å². The lowest BCUT2D eigenvalue weighted by Gasteiger charge is -2.30. The maximum Gasteiger partial charge on any atom is 0.233 e. The van der Waals surface area contributed by atoms with E-state index in [0.717, 1.165) is 75.1 Å². The van der Waals surface area contributed by atoms with Crippen LogP contribution in [0, 0.1) is 5.92 Å². The number of hydrogen-bond donors (Lipinski definition) is 6. The van der Waals surface area contributed by atoms with Gasteiger partial charge < -0.3 is 45.0 Å². The number of amides is 1. The number of unbranched alkanes of at least 4 members (excludes halogenated alkanes) is 1. The largest absolute Gasteiger partial charge is 0.344 e. The van der Waals surface area contributed by atoms with Gasteiger partial charge in [0.1, 0.15) is 0 Å². The van der Waals surface area contributed by atoms with Crippen molar-refractivity contribution in [1.82, 2.24) is 39.6 Å². The van der Waals surface area contributed by atoms with Gasteiger partial charge in [-0.15, -0.1) is 12.4 Å². The van der Waals surface area contributed by atoms with E-state index >= 15 is 0 Å². The zero-order valence-corrected chi connectivity index (χ0v) is 25.5. The van der Waals surface area contributed by atoms with Gasteiger partial charge in [0.05, 0.1) is 0 Å². The summed E-state index contributed by atoms with van der Waals surface area (Å²) in [5.74, 6) is 2.29. The Kier molecular flexibility index (Phi) is 19.8. The molecule has 0 saturated carbocycles. The van der Waals surface area contributed by atoms with Gasteiger partial charge in [0.2, 0.25) is 23.8 Å². The second-order valence-electron chi connectivity index (χ2n) is 9.79. The summed E-state index contributed by atoms with van der Waals surface area (Å²) in [6.07, 6.45) is 11.3. The summed E-state index contributed by atoms with van der Waals surface area (Å²) in [4.78, 5) is 31.6. The van der Waals surface area contributed by atoms with E-state index in [-0.39, 0.29) is 54.5 Å². The molecule has 1 unspecified atom stereocenters. The third kappa shape index (κ3) is 11.0. The maximum atomic E-state index is 12.6. The number of carbonyl (C=O) groups is 1. The Labute approximate surface area is 252 Å². The molecule has 0 aliphatic carbocycles. The SMILES string of the molecule is CCCCC(CC)C(=O)Nc1ccc(Nc2nc(N3CCCCC3)nc(N3CCCCC3)n2)cc1.Cl.N.N.N.N.[HH].[HH].[HH].[HH]. The molecule has 0 bridgehead atoms. The topological polar surface area (TPSA) is 226 Å². The minimum atomic E-state index is 0. The molecule has 40 heavy (non-hydrogen) atoms. The lowest BCUT2D eigenvalue weighted by Crippen LogP contribution is -2.34. The predicted molar refractivity (Wildman–Crippen MR) is 179 cm³/mol. The van der Waals surface area contributed by atoms with Crippen LogP contribution in [0.1, 0.15) is 83.8 Å². The summed E-state index contributed by atoms with van der Waals surface area (Å²) in [6.45, 7) is 8.22. The van der Waals surface area contributed by atoms with E-state index in [0.29, 0.717) is 5.95 Å². The Bertz CT molecular complexity index is 935. The average molecular weight is 592 g/mol. The summed E-state index contributed by atoms with van der Waals surface area (Å²) >= 11 is 0. The van der Waals surface area contributed by atoms with Crippen LogP contribution < -0.4 is 45.0 Å². The van der Waals surface area contributed by atoms with Crippen molar-refractivity contribution in [3.8, 4) is 0 Å². The number of carbonyl (C=O) groups excluding carboxylic acids is 1. The van der Waals surface area contributed by atoms with Crippen molar-refractivity contribution in [1.29, 1.82) is 0 Å². The lowest BCUT2D eigenvalue weighted by atomic mass is 9.98. The van der Waals surface area contributed by atoms with E-state index in [1.54, 1.807) is 0 Å². The molecule has 3 heterocycles. The molecule has 1 aromatic carbocycles. The van der Waals surface area contributed by atoms with Crippen molar-refractivity contribution in [2.24, 2.45) is 5.92 Å². The molecule has 14 N–H and O–H groups in total. The Balaban J connectivity index is -0.000000401. The fraction of sp³-hybridized carbons (Fsp3) is 0.630. The summed E-state index contributed by atoms with van der Waals surface area (Å²) in [7, 11) is 0. The molecular weight excluding hydrogens is 530 g/mol. The zero-order valence-electron chi connectivity index (χ0n) is 24.7. The van der Waals surface area contributed by atoms with E-state index in [1.165, 1.54) is 38.5 Å². The van der Waals surface area contributed by atoms with Crippen LogP contribution in [-0.4, -0.2) is 47.0 Å². The molecule has 1 aromatic heterocycles. The van der Waals surface area contributed by atoms with Crippen LogP contribution in [0.4, 0.5) is 29.2 Å². The molecule has 2 aliphatic rings. The van der Waals surface area contributed by atoms with E-state index in [1.807, 2.05) is 24.3 Å². The predicted octanol–water partition coefficient (Wildman–Crippen LogP) is 7.80. The maximum absolute atomic E-state index is 12.6. The van der Waals surface area contributed by atoms with Crippen LogP contribution in [-0.2, 0) is 4.79 Å². The second-order valence-corrected chi connectivity index (χ2v) is 9.79. The Morgan fingerprint density at radius 2 is 1.27 bits per heavy atom. The van der Waals surface area contributed by atoms with Crippen LogP contribution in [0.15, 0.2) is 24.3 Å². The molecule has 0 spiro atoms. The van der Waals surface area contributed by atoms with Crippen LogP contribution in [0.5, 0.6) is 0 Å².